The Morgan fingerprint density at radius 2 is 1.61 bits per heavy atom. The van der Waals surface area contributed by atoms with Gasteiger partial charge in [0.1, 0.15) is 6.54 Å². The first kappa shape index (κ1) is 23.9. The van der Waals surface area contributed by atoms with Crippen LogP contribution in [0.15, 0.2) is 0 Å². The van der Waals surface area contributed by atoms with Gasteiger partial charge in [0.2, 0.25) is 0 Å². The molecule has 1 atom stereocenters. The number of carbonyl (C=O) groups excluding carboxylic acids is 2. The van der Waals surface area contributed by atoms with Crippen LogP contribution in [0.25, 0.3) is 0 Å². The van der Waals surface area contributed by atoms with E-state index in [0.717, 1.165) is 26.4 Å². The van der Waals surface area contributed by atoms with Gasteiger partial charge in [-0.1, -0.05) is 39.5 Å². The summed E-state index contributed by atoms with van der Waals surface area (Å²) in [5.41, 5.74) is 0. The summed E-state index contributed by atoms with van der Waals surface area (Å²) in [6.07, 6.45) is 3.67. The molecule has 0 saturated carbocycles. The van der Waals surface area contributed by atoms with Gasteiger partial charge in [0.25, 0.3) is 12.4 Å². The van der Waals surface area contributed by atoms with Crippen LogP contribution in [-0.4, -0.2) is 47.2 Å². The van der Waals surface area contributed by atoms with E-state index in [1.54, 1.807) is 13.8 Å². The lowest BCUT2D eigenvalue weighted by Gasteiger charge is -2.27. The van der Waals surface area contributed by atoms with Gasteiger partial charge in [-0.05, 0) is 18.2 Å². The summed E-state index contributed by atoms with van der Waals surface area (Å²) >= 11 is 0. The molecule has 1 unspecified atom stereocenters. The molecule has 0 bridgehead atoms. The average molecular weight is 337 g/mol. The standard InChI is InChI=1S/C13H28NO4.C2H4O3/c1-4-7-8-9-10-11-13(15)18-12(5-2)14(16,17)6-3;1-5-2(3)4/h12,16-17H,4-11H2,1-3H3;1H3,(H,3,4)/q+1;/p-1. The third kappa shape index (κ3) is 14.0. The van der Waals surface area contributed by atoms with Crippen molar-refractivity contribution in [2.75, 3.05) is 13.7 Å². The molecule has 0 rings (SSSR count). The zero-order valence-electron chi connectivity index (χ0n) is 14.6. The lowest BCUT2D eigenvalue weighted by molar-refractivity contribution is -1.27. The zero-order chi connectivity index (χ0) is 18.3. The summed E-state index contributed by atoms with van der Waals surface area (Å²) in [6, 6.07) is 0. The Labute approximate surface area is 138 Å². The minimum absolute atomic E-state index is 0.0856. The molecular weight excluding hydrogens is 306 g/mol. The number of quaternary nitrogens is 1. The van der Waals surface area contributed by atoms with E-state index in [0.29, 0.717) is 12.8 Å². The number of ether oxygens (including phenoxy) is 2. The van der Waals surface area contributed by atoms with Crippen LogP contribution in [0.1, 0.15) is 65.7 Å². The Kier molecular flexibility index (Phi) is 14.8. The quantitative estimate of drug-likeness (QED) is 0.206. The molecule has 0 spiro atoms. The van der Waals surface area contributed by atoms with Crippen LogP contribution in [0.2, 0.25) is 0 Å². The number of rotatable bonds is 10. The van der Waals surface area contributed by atoms with E-state index in [1.807, 2.05) is 0 Å². The number of unbranched alkanes of at least 4 members (excludes halogenated alkanes) is 4. The van der Waals surface area contributed by atoms with Gasteiger partial charge in [-0.3, -0.25) is 4.79 Å². The molecule has 0 aromatic carbocycles. The maximum absolute atomic E-state index is 11.6. The van der Waals surface area contributed by atoms with Crippen LogP contribution >= 0.6 is 0 Å². The summed E-state index contributed by atoms with van der Waals surface area (Å²) in [7, 11) is 1.04. The van der Waals surface area contributed by atoms with Crippen molar-refractivity contribution in [1.29, 1.82) is 0 Å². The Balaban J connectivity index is 0. The lowest BCUT2D eigenvalue weighted by Crippen LogP contribution is -2.51. The number of carbonyl (C=O) groups is 2. The predicted molar refractivity (Wildman–Crippen MR) is 80.3 cm³/mol. The molecule has 23 heavy (non-hydrogen) atoms. The molecule has 0 aliphatic carbocycles. The summed E-state index contributed by atoms with van der Waals surface area (Å²) in [4.78, 5) is 19.3. The largest absolute Gasteiger partial charge is 0.553 e. The number of carboxylic acid groups (broad SMARTS) is 1. The second kappa shape index (κ2) is 14.2. The fourth-order valence-electron chi connectivity index (χ4n) is 1.75. The van der Waals surface area contributed by atoms with Gasteiger partial charge in [0.05, 0.1) is 0 Å². The Morgan fingerprint density at radius 1 is 1.09 bits per heavy atom. The van der Waals surface area contributed by atoms with E-state index in [9.17, 15) is 15.2 Å². The van der Waals surface area contributed by atoms with E-state index >= 15 is 0 Å². The van der Waals surface area contributed by atoms with Crippen molar-refractivity contribution in [2.45, 2.75) is 71.9 Å². The van der Waals surface area contributed by atoms with Crippen molar-refractivity contribution in [3.05, 3.63) is 0 Å². The third-order valence-electron chi connectivity index (χ3n) is 3.19. The molecule has 8 nitrogen and oxygen atoms in total. The smallest absolute Gasteiger partial charge is 0.310 e. The van der Waals surface area contributed by atoms with Crippen molar-refractivity contribution in [1.82, 2.24) is 0 Å². The van der Waals surface area contributed by atoms with Crippen LogP contribution in [0, 0.1) is 0 Å². The molecule has 0 amide bonds. The van der Waals surface area contributed by atoms with Gasteiger partial charge in [-0.15, -0.1) is 0 Å². The lowest BCUT2D eigenvalue weighted by atomic mass is 10.1. The fourth-order valence-corrected chi connectivity index (χ4v) is 1.75. The van der Waals surface area contributed by atoms with E-state index in [2.05, 4.69) is 11.7 Å². The molecule has 0 heterocycles. The summed E-state index contributed by atoms with van der Waals surface area (Å²) in [5, 5.41) is 28.2. The Bertz CT molecular complexity index is 321. The van der Waals surface area contributed by atoms with Crippen LogP contribution in [0.3, 0.4) is 0 Å². The third-order valence-corrected chi connectivity index (χ3v) is 3.19. The van der Waals surface area contributed by atoms with Crippen molar-refractivity contribution >= 4 is 12.1 Å². The molecule has 0 radical (unpaired) electrons. The van der Waals surface area contributed by atoms with E-state index in [4.69, 9.17) is 14.6 Å². The highest BCUT2D eigenvalue weighted by Crippen LogP contribution is 2.13. The highest BCUT2D eigenvalue weighted by molar-refractivity contribution is 5.69. The normalized spacial score (nSPS) is 11.9. The van der Waals surface area contributed by atoms with Crippen molar-refractivity contribution in [3.8, 4) is 0 Å². The molecule has 2 N–H and O–H groups in total. The monoisotopic (exact) mass is 337 g/mol. The summed E-state index contributed by atoms with van der Waals surface area (Å²) in [5.74, 6) is -0.350. The number of nitrogens with zero attached hydrogens (tertiary/aromatic N) is 1. The number of methoxy groups -OCH3 is 1. The molecule has 0 saturated heterocycles. The summed E-state index contributed by atoms with van der Waals surface area (Å²) in [6.45, 7) is 5.61. The summed E-state index contributed by atoms with van der Waals surface area (Å²) < 4.78 is 8.65. The zero-order valence-corrected chi connectivity index (χ0v) is 14.6. The second-order valence-corrected chi connectivity index (χ2v) is 5.07. The number of hydrogen-bond acceptors (Lipinski definition) is 7. The predicted octanol–water partition coefficient (Wildman–Crippen LogP) is 2.22. The van der Waals surface area contributed by atoms with Crippen LogP contribution in [-0.2, 0) is 14.3 Å². The van der Waals surface area contributed by atoms with Crippen molar-refractivity contribution < 1.29 is 39.4 Å². The van der Waals surface area contributed by atoms with Crippen LogP contribution in [0.5, 0.6) is 0 Å². The topological polar surface area (TPSA) is 116 Å². The highest BCUT2D eigenvalue weighted by Gasteiger charge is 2.35. The van der Waals surface area contributed by atoms with Crippen LogP contribution < -0.4 is 5.11 Å². The van der Waals surface area contributed by atoms with Crippen molar-refractivity contribution in [2.24, 2.45) is 0 Å². The van der Waals surface area contributed by atoms with E-state index in [1.165, 1.54) is 12.8 Å². The van der Waals surface area contributed by atoms with E-state index < -0.39 is 17.2 Å². The second-order valence-electron chi connectivity index (χ2n) is 5.07. The van der Waals surface area contributed by atoms with Gasteiger partial charge in [0, 0.05) is 20.0 Å². The van der Waals surface area contributed by atoms with Gasteiger partial charge in [-0.25, -0.2) is 0 Å². The Hall–Kier alpha value is -1.38. The molecule has 0 aromatic heterocycles. The first-order chi connectivity index (χ1) is 10.7. The minimum atomic E-state index is -1.50. The fraction of sp³-hybridized carbons (Fsp3) is 0.867. The maximum Gasteiger partial charge on any atom is 0.310 e. The molecular formula is C15H31NO7. The van der Waals surface area contributed by atoms with Gasteiger partial charge in [0.15, 0.2) is 0 Å². The molecule has 138 valence electrons. The van der Waals surface area contributed by atoms with Gasteiger partial charge in [-0.2, -0.15) is 10.4 Å². The van der Waals surface area contributed by atoms with E-state index in [-0.39, 0.29) is 12.5 Å². The minimum Gasteiger partial charge on any atom is -0.553 e. The first-order valence-electron chi connectivity index (χ1n) is 8.02. The highest BCUT2D eigenvalue weighted by atomic mass is 16.9. The number of hydroxylamine groups is 4. The number of hydrogen-bond donors (Lipinski definition) is 2. The van der Waals surface area contributed by atoms with Crippen LogP contribution in [0.4, 0.5) is 4.79 Å². The average Bonchev–Trinajstić information content (AvgIpc) is 2.52. The van der Waals surface area contributed by atoms with Gasteiger partial charge < -0.3 is 19.4 Å². The molecule has 0 fully saturated rings. The number of esters is 1. The SMILES string of the molecule is CCCCCCCC(=O)OC(CC)[N+](O)(O)CC.COC(=O)[O-]. The maximum atomic E-state index is 11.6. The van der Waals surface area contributed by atoms with Crippen molar-refractivity contribution in [3.63, 3.8) is 0 Å². The molecule has 8 heteroatoms. The first-order valence-corrected chi connectivity index (χ1v) is 8.02. The van der Waals surface area contributed by atoms with Gasteiger partial charge >= 0.3 is 5.97 Å². The molecule has 0 aliphatic rings. The Morgan fingerprint density at radius 3 is 2.00 bits per heavy atom. The molecule has 0 aromatic rings. The molecule has 0 aliphatic heterocycles.